The third-order valence-electron chi connectivity index (χ3n) is 5.39. The van der Waals surface area contributed by atoms with E-state index in [1.54, 1.807) is 12.4 Å². The SMILES string of the molecule is O=C(N[C@H]1CCCc2nc(-c3cccnc3)ncc21)C1CCCCC1. The molecule has 0 aromatic carbocycles. The van der Waals surface area contributed by atoms with Crippen LogP contribution in [0.2, 0.25) is 0 Å². The summed E-state index contributed by atoms with van der Waals surface area (Å²) < 4.78 is 0. The molecule has 0 unspecified atom stereocenters. The summed E-state index contributed by atoms with van der Waals surface area (Å²) in [6, 6.07) is 3.92. The molecular formula is C20H24N4O. The molecule has 1 amide bonds. The quantitative estimate of drug-likeness (QED) is 0.929. The lowest BCUT2D eigenvalue weighted by atomic mass is 9.87. The molecule has 0 aliphatic heterocycles. The Bertz CT molecular complexity index is 741. The summed E-state index contributed by atoms with van der Waals surface area (Å²) in [6.07, 6.45) is 14.1. The summed E-state index contributed by atoms with van der Waals surface area (Å²) in [4.78, 5) is 26.0. The predicted octanol–water partition coefficient (Wildman–Crippen LogP) is 3.61. The summed E-state index contributed by atoms with van der Waals surface area (Å²) in [6.45, 7) is 0. The van der Waals surface area contributed by atoms with Crippen molar-refractivity contribution in [2.75, 3.05) is 0 Å². The molecule has 25 heavy (non-hydrogen) atoms. The van der Waals surface area contributed by atoms with Crippen LogP contribution in [-0.2, 0) is 11.2 Å². The number of amides is 1. The number of fused-ring (bicyclic) bond motifs is 1. The van der Waals surface area contributed by atoms with E-state index in [1.165, 1.54) is 19.3 Å². The van der Waals surface area contributed by atoms with Crippen molar-refractivity contribution in [2.45, 2.75) is 57.4 Å². The van der Waals surface area contributed by atoms with E-state index in [1.807, 2.05) is 18.3 Å². The Hall–Kier alpha value is -2.30. The van der Waals surface area contributed by atoms with Crippen LogP contribution in [0.1, 0.15) is 62.2 Å². The molecule has 0 saturated heterocycles. The first kappa shape index (κ1) is 16.2. The minimum Gasteiger partial charge on any atom is -0.349 e. The summed E-state index contributed by atoms with van der Waals surface area (Å²) in [5.41, 5.74) is 3.08. The maximum absolute atomic E-state index is 12.6. The van der Waals surface area contributed by atoms with Crippen LogP contribution in [0.5, 0.6) is 0 Å². The van der Waals surface area contributed by atoms with Crippen LogP contribution in [0.3, 0.4) is 0 Å². The maximum Gasteiger partial charge on any atom is 0.223 e. The number of nitrogens with zero attached hydrogens (tertiary/aromatic N) is 3. The first-order chi connectivity index (χ1) is 12.3. The molecule has 5 heteroatoms. The molecule has 4 rings (SSSR count). The van der Waals surface area contributed by atoms with Gasteiger partial charge in [-0.1, -0.05) is 19.3 Å². The van der Waals surface area contributed by atoms with Gasteiger partial charge >= 0.3 is 0 Å². The fraction of sp³-hybridized carbons (Fsp3) is 0.500. The zero-order valence-electron chi connectivity index (χ0n) is 14.4. The minimum atomic E-state index is 0.0566. The summed E-state index contributed by atoms with van der Waals surface area (Å²) in [5, 5.41) is 3.27. The maximum atomic E-state index is 12.6. The summed E-state index contributed by atoms with van der Waals surface area (Å²) in [5.74, 6) is 1.12. The van der Waals surface area contributed by atoms with E-state index in [0.29, 0.717) is 5.82 Å². The van der Waals surface area contributed by atoms with Gasteiger partial charge in [0.2, 0.25) is 5.91 Å². The number of pyridine rings is 1. The highest BCUT2D eigenvalue weighted by Gasteiger charge is 2.27. The molecule has 0 spiro atoms. The fourth-order valence-corrected chi connectivity index (χ4v) is 3.99. The number of carbonyl (C=O) groups is 1. The number of aryl methyl sites for hydroxylation is 1. The highest BCUT2D eigenvalue weighted by atomic mass is 16.1. The third-order valence-corrected chi connectivity index (χ3v) is 5.39. The molecule has 0 radical (unpaired) electrons. The van der Waals surface area contributed by atoms with Gasteiger partial charge in [0.25, 0.3) is 0 Å². The van der Waals surface area contributed by atoms with Gasteiger partial charge in [0.05, 0.1) is 6.04 Å². The smallest absolute Gasteiger partial charge is 0.223 e. The Morgan fingerprint density at radius 3 is 2.76 bits per heavy atom. The van der Waals surface area contributed by atoms with Gasteiger partial charge < -0.3 is 5.32 Å². The van der Waals surface area contributed by atoms with Gasteiger partial charge in [-0.25, -0.2) is 9.97 Å². The van der Waals surface area contributed by atoms with Gasteiger partial charge in [-0.05, 0) is 44.2 Å². The van der Waals surface area contributed by atoms with Gasteiger partial charge in [-0.15, -0.1) is 0 Å². The van der Waals surface area contributed by atoms with Gasteiger partial charge in [0.15, 0.2) is 5.82 Å². The standard InChI is InChI=1S/C20H24N4O/c25-20(14-6-2-1-3-7-14)24-18-10-4-9-17-16(18)13-22-19(23-17)15-8-5-11-21-12-15/h5,8,11-14,18H,1-4,6-7,9-10H2,(H,24,25)/t18-/m0/s1. The third kappa shape index (κ3) is 3.55. The molecule has 1 N–H and O–H groups in total. The second-order valence-corrected chi connectivity index (χ2v) is 7.13. The number of carbonyl (C=O) groups excluding carboxylic acids is 1. The van der Waals surface area contributed by atoms with Crippen molar-refractivity contribution in [3.8, 4) is 11.4 Å². The molecule has 5 nitrogen and oxygen atoms in total. The number of aromatic nitrogens is 3. The molecule has 2 aliphatic rings. The Kier molecular flexibility index (Phi) is 4.72. The summed E-state index contributed by atoms with van der Waals surface area (Å²) in [7, 11) is 0. The minimum absolute atomic E-state index is 0.0566. The van der Waals surface area contributed by atoms with Crippen molar-refractivity contribution in [2.24, 2.45) is 5.92 Å². The van der Waals surface area contributed by atoms with Crippen LogP contribution < -0.4 is 5.32 Å². The molecule has 1 saturated carbocycles. The van der Waals surface area contributed by atoms with E-state index in [2.05, 4.69) is 15.3 Å². The number of hydrogen-bond acceptors (Lipinski definition) is 4. The lowest BCUT2D eigenvalue weighted by Gasteiger charge is -2.28. The first-order valence-corrected chi connectivity index (χ1v) is 9.38. The number of rotatable bonds is 3. The lowest BCUT2D eigenvalue weighted by Crippen LogP contribution is -2.36. The van der Waals surface area contributed by atoms with E-state index >= 15 is 0 Å². The Morgan fingerprint density at radius 1 is 1.08 bits per heavy atom. The van der Waals surface area contributed by atoms with Gasteiger partial charge in [-0.3, -0.25) is 9.78 Å². The molecule has 1 fully saturated rings. The van der Waals surface area contributed by atoms with Crippen molar-refractivity contribution >= 4 is 5.91 Å². The molecule has 2 aliphatic carbocycles. The van der Waals surface area contributed by atoms with E-state index in [9.17, 15) is 4.79 Å². The van der Waals surface area contributed by atoms with Gasteiger partial charge in [0, 0.05) is 41.3 Å². The fourth-order valence-electron chi connectivity index (χ4n) is 3.99. The van der Waals surface area contributed by atoms with Crippen LogP contribution in [0, 0.1) is 5.92 Å². The van der Waals surface area contributed by atoms with Crippen LogP contribution in [0.15, 0.2) is 30.7 Å². The van der Waals surface area contributed by atoms with E-state index < -0.39 is 0 Å². The van der Waals surface area contributed by atoms with E-state index in [-0.39, 0.29) is 17.9 Å². The molecule has 2 aromatic heterocycles. The highest BCUT2D eigenvalue weighted by molar-refractivity contribution is 5.79. The average Bonchev–Trinajstić information content (AvgIpc) is 2.69. The Balaban J connectivity index is 1.52. The largest absolute Gasteiger partial charge is 0.349 e. The second kappa shape index (κ2) is 7.30. The zero-order chi connectivity index (χ0) is 17.1. The van der Waals surface area contributed by atoms with Crippen molar-refractivity contribution in [3.63, 3.8) is 0 Å². The van der Waals surface area contributed by atoms with Crippen molar-refractivity contribution < 1.29 is 4.79 Å². The summed E-state index contributed by atoms with van der Waals surface area (Å²) >= 11 is 0. The Labute approximate surface area is 148 Å². The lowest BCUT2D eigenvalue weighted by molar-refractivity contribution is -0.126. The van der Waals surface area contributed by atoms with Crippen LogP contribution in [-0.4, -0.2) is 20.9 Å². The molecule has 2 aromatic rings. The molecule has 130 valence electrons. The predicted molar refractivity (Wildman–Crippen MR) is 95.7 cm³/mol. The van der Waals surface area contributed by atoms with Gasteiger partial charge in [-0.2, -0.15) is 0 Å². The Morgan fingerprint density at radius 2 is 1.96 bits per heavy atom. The molecular weight excluding hydrogens is 312 g/mol. The van der Waals surface area contributed by atoms with Crippen LogP contribution in [0.25, 0.3) is 11.4 Å². The number of nitrogens with one attached hydrogen (secondary N) is 1. The van der Waals surface area contributed by atoms with Crippen molar-refractivity contribution in [1.82, 2.24) is 20.3 Å². The van der Waals surface area contributed by atoms with Crippen molar-refractivity contribution in [3.05, 3.63) is 42.0 Å². The average molecular weight is 336 g/mol. The van der Waals surface area contributed by atoms with Crippen molar-refractivity contribution in [1.29, 1.82) is 0 Å². The topological polar surface area (TPSA) is 67.8 Å². The van der Waals surface area contributed by atoms with Gasteiger partial charge in [0.1, 0.15) is 0 Å². The van der Waals surface area contributed by atoms with Crippen LogP contribution >= 0.6 is 0 Å². The van der Waals surface area contributed by atoms with E-state index in [4.69, 9.17) is 4.98 Å². The number of hydrogen-bond donors (Lipinski definition) is 1. The van der Waals surface area contributed by atoms with Crippen LogP contribution in [0.4, 0.5) is 0 Å². The molecule has 2 heterocycles. The van der Waals surface area contributed by atoms with E-state index in [0.717, 1.165) is 48.9 Å². The first-order valence-electron chi connectivity index (χ1n) is 9.38. The normalized spacial score (nSPS) is 20.7. The second-order valence-electron chi connectivity index (χ2n) is 7.13. The molecule has 0 bridgehead atoms. The monoisotopic (exact) mass is 336 g/mol. The highest BCUT2D eigenvalue weighted by Crippen LogP contribution is 2.31. The zero-order valence-corrected chi connectivity index (χ0v) is 14.4. The molecule has 1 atom stereocenters.